The SMILES string of the molecule is CCCCCNC(=NC)NCCCCSC.I. The van der Waals surface area contributed by atoms with Gasteiger partial charge in [0.25, 0.3) is 0 Å². The molecule has 0 rings (SSSR count). The Hall–Kier alpha value is 0.350. The Bertz CT molecular complexity index is 177. The van der Waals surface area contributed by atoms with E-state index in [0.29, 0.717) is 0 Å². The van der Waals surface area contributed by atoms with Gasteiger partial charge in [-0.15, -0.1) is 24.0 Å². The van der Waals surface area contributed by atoms with Crippen molar-refractivity contribution in [2.24, 2.45) is 4.99 Å². The Morgan fingerprint density at radius 3 is 2.12 bits per heavy atom. The second-order valence-corrected chi connectivity index (χ2v) is 4.82. The van der Waals surface area contributed by atoms with Gasteiger partial charge in [0.05, 0.1) is 0 Å². The lowest BCUT2D eigenvalue weighted by molar-refractivity contribution is 0.675. The molecule has 3 nitrogen and oxygen atoms in total. The summed E-state index contributed by atoms with van der Waals surface area (Å²) in [6.45, 7) is 4.27. The number of rotatable bonds is 9. The summed E-state index contributed by atoms with van der Waals surface area (Å²) in [4.78, 5) is 4.19. The monoisotopic (exact) mass is 373 g/mol. The van der Waals surface area contributed by atoms with E-state index in [1.165, 1.54) is 37.9 Å². The van der Waals surface area contributed by atoms with Crippen LogP contribution in [0.25, 0.3) is 0 Å². The van der Waals surface area contributed by atoms with Gasteiger partial charge in [-0.2, -0.15) is 11.8 Å². The highest BCUT2D eigenvalue weighted by molar-refractivity contribution is 14.0. The van der Waals surface area contributed by atoms with Gasteiger partial charge in [0.1, 0.15) is 0 Å². The molecule has 0 aromatic rings. The fourth-order valence-electron chi connectivity index (χ4n) is 1.38. The number of aliphatic imine (C=N–C) groups is 1. The van der Waals surface area contributed by atoms with E-state index in [1.807, 2.05) is 18.8 Å². The molecule has 0 bridgehead atoms. The molecule has 0 atom stereocenters. The molecule has 0 radical (unpaired) electrons. The van der Waals surface area contributed by atoms with Crippen molar-refractivity contribution in [2.75, 3.05) is 32.1 Å². The Labute approximate surface area is 128 Å². The zero-order valence-electron chi connectivity index (χ0n) is 11.4. The molecule has 17 heavy (non-hydrogen) atoms. The quantitative estimate of drug-likeness (QED) is 0.282. The summed E-state index contributed by atoms with van der Waals surface area (Å²) >= 11 is 1.91. The number of hydrogen-bond acceptors (Lipinski definition) is 2. The molecule has 0 saturated heterocycles. The van der Waals surface area contributed by atoms with E-state index in [4.69, 9.17) is 0 Å². The minimum atomic E-state index is 0. The van der Waals surface area contributed by atoms with Crippen LogP contribution < -0.4 is 10.6 Å². The van der Waals surface area contributed by atoms with Crippen LogP contribution in [-0.2, 0) is 0 Å². The average Bonchev–Trinajstić information content (AvgIpc) is 2.31. The van der Waals surface area contributed by atoms with Crippen LogP contribution in [0.1, 0.15) is 39.0 Å². The van der Waals surface area contributed by atoms with Crippen LogP contribution >= 0.6 is 35.7 Å². The normalized spacial score (nSPS) is 10.9. The maximum Gasteiger partial charge on any atom is 0.190 e. The fraction of sp³-hybridized carbons (Fsp3) is 0.917. The van der Waals surface area contributed by atoms with Crippen molar-refractivity contribution in [1.82, 2.24) is 10.6 Å². The molecule has 0 spiro atoms. The van der Waals surface area contributed by atoms with E-state index < -0.39 is 0 Å². The summed E-state index contributed by atoms with van der Waals surface area (Å²) in [5.74, 6) is 2.20. The van der Waals surface area contributed by atoms with Crippen molar-refractivity contribution in [3.63, 3.8) is 0 Å². The molecule has 0 fully saturated rings. The second kappa shape index (κ2) is 16.4. The van der Waals surface area contributed by atoms with E-state index in [-0.39, 0.29) is 24.0 Å². The first-order valence-electron chi connectivity index (χ1n) is 6.28. The smallest absolute Gasteiger partial charge is 0.190 e. The number of guanidine groups is 1. The van der Waals surface area contributed by atoms with Crippen LogP contribution in [0.15, 0.2) is 4.99 Å². The molecule has 0 aromatic heterocycles. The minimum Gasteiger partial charge on any atom is -0.356 e. The summed E-state index contributed by atoms with van der Waals surface area (Å²) in [5.41, 5.74) is 0. The highest BCUT2D eigenvalue weighted by Crippen LogP contribution is 1.97. The standard InChI is InChI=1S/C12H27N3S.HI/c1-4-5-6-9-14-12(13-2)15-10-7-8-11-16-3;/h4-11H2,1-3H3,(H2,13,14,15);1H. The Balaban J connectivity index is 0. The largest absolute Gasteiger partial charge is 0.356 e. The van der Waals surface area contributed by atoms with Crippen LogP contribution in [0.5, 0.6) is 0 Å². The fourth-order valence-corrected chi connectivity index (χ4v) is 1.87. The zero-order valence-corrected chi connectivity index (χ0v) is 14.6. The third-order valence-electron chi connectivity index (χ3n) is 2.36. The van der Waals surface area contributed by atoms with Gasteiger partial charge in [-0.25, -0.2) is 0 Å². The molecule has 0 unspecified atom stereocenters. The van der Waals surface area contributed by atoms with Gasteiger partial charge >= 0.3 is 0 Å². The highest BCUT2D eigenvalue weighted by atomic mass is 127. The van der Waals surface area contributed by atoms with Crippen LogP contribution in [0, 0.1) is 0 Å². The lowest BCUT2D eigenvalue weighted by Crippen LogP contribution is -2.38. The van der Waals surface area contributed by atoms with Crippen LogP contribution in [0.4, 0.5) is 0 Å². The second-order valence-electron chi connectivity index (χ2n) is 3.83. The topological polar surface area (TPSA) is 36.4 Å². The van der Waals surface area contributed by atoms with Crippen molar-refractivity contribution in [2.45, 2.75) is 39.0 Å². The van der Waals surface area contributed by atoms with Crippen LogP contribution in [0.3, 0.4) is 0 Å². The van der Waals surface area contributed by atoms with Crippen molar-refractivity contribution in [1.29, 1.82) is 0 Å². The number of unbranched alkanes of at least 4 members (excludes halogenated alkanes) is 3. The molecule has 0 aliphatic heterocycles. The molecule has 0 amide bonds. The number of halogens is 1. The van der Waals surface area contributed by atoms with Gasteiger partial charge in [-0.05, 0) is 31.3 Å². The first-order valence-corrected chi connectivity index (χ1v) is 7.68. The van der Waals surface area contributed by atoms with Gasteiger partial charge in [0.2, 0.25) is 0 Å². The van der Waals surface area contributed by atoms with E-state index in [0.717, 1.165) is 19.0 Å². The number of nitrogens with one attached hydrogen (secondary N) is 2. The number of hydrogen-bond donors (Lipinski definition) is 2. The lowest BCUT2D eigenvalue weighted by Gasteiger charge is -2.11. The first kappa shape index (κ1) is 19.7. The average molecular weight is 373 g/mol. The van der Waals surface area contributed by atoms with Gasteiger partial charge < -0.3 is 10.6 Å². The van der Waals surface area contributed by atoms with Crippen molar-refractivity contribution in [3.8, 4) is 0 Å². The summed E-state index contributed by atoms with van der Waals surface area (Å²) in [6, 6.07) is 0. The number of thioether (sulfide) groups is 1. The Kier molecular flexibility index (Phi) is 18.9. The first-order chi connectivity index (χ1) is 7.85. The van der Waals surface area contributed by atoms with Crippen molar-refractivity contribution < 1.29 is 0 Å². The predicted octanol–water partition coefficient (Wildman–Crippen LogP) is 3.10. The van der Waals surface area contributed by atoms with Gasteiger partial charge in [-0.1, -0.05) is 19.8 Å². The van der Waals surface area contributed by atoms with E-state index in [9.17, 15) is 0 Å². The zero-order chi connectivity index (χ0) is 12.1. The summed E-state index contributed by atoms with van der Waals surface area (Å²) in [6.07, 6.45) is 8.43. The van der Waals surface area contributed by atoms with Gasteiger partial charge in [0.15, 0.2) is 5.96 Å². The maximum atomic E-state index is 4.19. The molecule has 0 aromatic carbocycles. The molecule has 2 N–H and O–H groups in total. The van der Waals surface area contributed by atoms with Gasteiger partial charge in [-0.3, -0.25) is 4.99 Å². The van der Waals surface area contributed by atoms with Crippen molar-refractivity contribution >= 4 is 41.7 Å². The summed E-state index contributed by atoms with van der Waals surface area (Å²) in [5, 5.41) is 6.66. The molecular formula is C12H28IN3S. The number of nitrogens with zero attached hydrogens (tertiary/aromatic N) is 1. The molecule has 0 aliphatic carbocycles. The molecular weight excluding hydrogens is 345 g/mol. The molecule has 0 saturated carbocycles. The van der Waals surface area contributed by atoms with E-state index in [2.05, 4.69) is 28.8 Å². The third-order valence-corrected chi connectivity index (χ3v) is 3.06. The van der Waals surface area contributed by atoms with Crippen LogP contribution in [-0.4, -0.2) is 38.1 Å². The molecule has 104 valence electrons. The van der Waals surface area contributed by atoms with Gasteiger partial charge in [0, 0.05) is 20.1 Å². The molecule has 5 heteroatoms. The highest BCUT2D eigenvalue weighted by Gasteiger charge is 1.95. The summed E-state index contributed by atoms with van der Waals surface area (Å²) in [7, 11) is 1.83. The minimum absolute atomic E-state index is 0. The predicted molar refractivity (Wildman–Crippen MR) is 91.9 cm³/mol. The van der Waals surface area contributed by atoms with Crippen LogP contribution in [0.2, 0.25) is 0 Å². The van der Waals surface area contributed by atoms with E-state index >= 15 is 0 Å². The Morgan fingerprint density at radius 1 is 1.06 bits per heavy atom. The Morgan fingerprint density at radius 2 is 1.65 bits per heavy atom. The van der Waals surface area contributed by atoms with Crippen molar-refractivity contribution in [3.05, 3.63) is 0 Å². The molecule has 0 aliphatic rings. The maximum absolute atomic E-state index is 4.19. The van der Waals surface area contributed by atoms with E-state index in [1.54, 1.807) is 0 Å². The third kappa shape index (κ3) is 14.3. The molecule has 0 heterocycles. The lowest BCUT2D eigenvalue weighted by atomic mass is 10.2. The summed E-state index contributed by atoms with van der Waals surface area (Å²) < 4.78 is 0.